The van der Waals surface area contributed by atoms with E-state index in [1.54, 1.807) is 13.0 Å². The van der Waals surface area contributed by atoms with Gasteiger partial charge in [0.2, 0.25) is 0 Å². The van der Waals surface area contributed by atoms with Crippen molar-refractivity contribution in [3.8, 4) is 11.5 Å². The SMILES string of the molecule is CCOc1ccc(C(=O)NCC(=O)OCC(=O)Nc2ccc(F)c(F)c2)cc1OCC. The van der Waals surface area contributed by atoms with Crippen LogP contribution in [0.1, 0.15) is 24.2 Å². The lowest BCUT2D eigenvalue weighted by Crippen LogP contribution is -2.32. The molecule has 2 aromatic rings. The van der Waals surface area contributed by atoms with Crippen LogP contribution in [0.25, 0.3) is 0 Å². The van der Waals surface area contributed by atoms with E-state index in [-0.39, 0.29) is 11.3 Å². The fraction of sp³-hybridized carbons (Fsp3) is 0.286. The fourth-order valence-corrected chi connectivity index (χ4v) is 2.41. The average Bonchev–Trinajstić information content (AvgIpc) is 2.74. The van der Waals surface area contributed by atoms with Crippen LogP contribution in [0, 0.1) is 11.6 Å². The lowest BCUT2D eigenvalue weighted by Gasteiger charge is -2.12. The molecule has 2 amide bonds. The maximum absolute atomic E-state index is 13.1. The number of hydrogen-bond donors (Lipinski definition) is 2. The maximum Gasteiger partial charge on any atom is 0.325 e. The van der Waals surface area contributed by atoms with Gasteiger partial charge in [0.15, 0.2) is 29.7 Å². The summed E-state index contributed by atoms with van der Waals surface area (Å²) in [5.74, 6) is -3.45. The second-order valence-electron chi connectivity index (χ2n) is 6.05. The summed E-state index contributed by atoms with van der Waals surface area (Å²) in [6.45, 7) is 3.28. The quantitative estimate of drug-likeness (QED) is 0.555. The molecule has 0 aromatic heterocycles. The molecule has 0 aliphatic heterocycles. The molecule has 166 valence electrons. The van der Waals surface area contributed by atoms with Crippen molar-refractivity contribution in [1.82, 2.24) is 5.32 Å². The highest BCUT2D eigenvalue weighted by Gasteiger charge is 2.14. The number of esters is 1. The molecule has 8 nitrogen and oxygen atoms in total. The lowest BCUT2D eigenvalue weighted by atomic mass is 10.2. The molecule has 0 aliphatic carbocycles. The molecule has 2 N–H and O–H groups in total. The minimum Gasteiger partial charge on any atom is -0.490 e. The van der Waals surface area contributed by atoms with Gasteiger partial charge in [0.25, 0.3) is 11.8 Å². The first kappa shape index (κ1) is 23.6. The zero-order valence-corrected chi connectivity index (χ0v) is 17.0. The van der Waals surface area contributed by atoms with Gasteiger partial charge in [0.1, 0.15) is 6.54 Å². The molecule has 0 atom stereocenters. The number of nitrogens with one attached hydrogen (secondary N) is 2. The van der Waals surface area contributed by atoms with Crippen LogP contribution in [0.5, 0.6) is 11.5 Å². The van der Waals surface area contributed by atoms with Crippen LogP contribution in [-0.4, -0.2) is 44.1 Å². The number of carbonyl (C=O) groups excluding carboxylic acids is 3. The second-order valence-corrected chi connectivity index (χ2v) is 6.05. The van der Waals surface area contributed by atoms with Gasteiger partial charge in [0.05, 0.1) is 13.2 Å². The minimum absolute atomic E-state index is 0.00820. The van der Waals surface area contributed by atoms with E-state index in [0.717, 1.165) is 18.2 Å². The molecular formula is C21H22F2N2O6. The first-order valence-electron chi connectivity index (χ1n) is 9.42. The van der Waals surface area contributed by atoms with Gasteiger partial charge in [-0.15, -0.1) is 0 Å². The third kappa shape index (κ3) is 7.25. The standard InChI is InChI=1S/C21H22F2N2O6/c1-3-29-17-8-5-13(9-18(17)30-4-2)21(28)24-11-20(27)31-12-19(26)25-14-6-7-15(22)16(23)10-14/h5-10H,3-4,11-12H2,1-2H3,(H,24,28)(H,25,26). The van der Waals surface area contributed by atoms with Crippen LogP contribution in [0.4, 0.5) is 14.5 Å². The molecule has 0 heterocycles. The van der Waals surface area contributed by atoms with E-state index in [2.05, 4.69) is 10.6 Å². The van der Waals surface area contributed by atoms with Crippen molar-refractivity contribution in [1.29, 1.82) is 0 Å². The molecule has 0 saturated heterocycles. The Morgan fingerprint density at radius 1 is 0.903 bits per heavy atom. The van der Waals surface area contributed by atoms with Gasteiger partial charge in [-0.25, -0.2) is 8.78 Å². The van der Waals surface area contributed by atoms with Crippen molar-refractivity contribution < 1.29 is 37.4 Å². The van der Waals surface area contributed by atoms with Gasteiger partial charge in [-0.3, -0.25) is 14.4 Å². The number of rotatable bonds is 10. The molecule has 0 radical (unpaired) electrons. The van der Waals surface area contributed by atoms with Crippen molar-refractivity contribution in [2.45, 2.75) is 13.8 Å². The van der Waals surface area contributed by atoms with Gasteiger partial charge in [-0.05, 0) is 44.2 Å². The van der Waals surface area contributed by atoms with Gasteiger partial charge in [-0.2, -0.15) is 0 Å². The number of benzene rings is 2. The van der Waals surface area contributed by atoms with Gasteiger partial charge in [0, 0.05) is 17.3 Å². The molecule has 0 fully saturated rings. The topological polar surface area (TPSA) is 103 Å². The van der Waals surface area contributed by atoms with E-state index in [0.29, 0.717) is 24.7 Å². The molecule has 2 rings (SSSR count). The van der Waals surface area contributed by atoms with Crippen molar-refractivity contribution in [3.63, 3.8) is 0 Å². The highest BCUT2D eigenvalue weighted by atomic mass is 19.2. The zero-order chi connectivity index (χ0) is 22.8. The molecule has 2 aromatic carbocycles. The molecule has 0 bridgehead atoms. The van der Waals surface area contributed by atoms with Crippen LogP contribution in [-0.2, 0) is 14.3 Å². The Labute approximate surface area is 177 Å². The monoisotopic (exact) mass is 436 g/mol. The van der Waals surface area contributed by atoms with Crippen molar-refractivity contribution in [2.24, 2.45) is 0 Å². The number of halogens is 2. The van der Waals surface area contributed by atoms with E-state index in [4.69, 9.17) is 14.2 Å². The zero-order valence-electron chi connectivity index (χ0n) is 17.0. The van der Waals surface area contributed by atoms with Crippen molar-refractivity contribution >= 4 is 23.5 Å². The van der Waals surface area contributed by atoms with Crippen molar-refractivity contribution in [3.05, 3.63) is 53.6 Å². The predicted molar refractivity (Wildman–Crippen MR) is 107 cm³/mol. The summed E-state index contributed by atoms with van der Waals surface area (Å²) >= 11 is 0. The largest absolute Gasteiger partial charge is 0.490 e. The first-order chi connectivity index (χ1) is 14.8. The van der Waals surface area contributed by atoms with E-state index >= 15 is 0 Å². The predicted octanol–water partition coefficient (Wildman–Crippen LogP) is 2.67. The van der Waals surface area contributed by atoms with Crippen LogP contribution in [0.15, 0.2) is 36.4 Å². The van der Waals surface area contributed by atoms with E-state index in [9.17, 15) is 23.2 Å². The third-order valence-corrected chi connectivity index (χ3v) is 3.77. The average molecular weight is 436 g/mol. The number of ether oxygens (including phenoxy) is 3. The van der Waals surface area contributed by atoms with Crippen LogP contribution >= 0.6 is 0 Å². The number of amides is 2. The van der Waals surface area contributed by atoms with Gasteiger partial charge < -0.3 is 24.8 Å². The van der Waals surface area contributed by atoms with Gasteiger partial charge in [-0.1, -0.05) is 0 Å². The Hall–Kier alpha value is -3.69. The fourth-order valence-electron chi connectivity index (χ4n) is 2.41. The second kappa shape index (κ2) is 11.5. The molecule has 0 saturated carbocycles. The van der Waals surface area contributed by atoms with E-state index in [1.165, 1.54) is 12.1 Å². The Bertz CT molecular complexity index is 951. The van der Waals surface area contributed by atoms with Gasteiger partial charge >= 0.3 is 5.97 Å². The Kier molecular flexibility index (Phi) is 8.74. The maximum atomic E-state index is 13.1. The lowest BCUT2D eigenvalue weighted by molar-refractivity contribution is -0.146. The summed E-state index contributed by atoms with van der Waals surface area (Å²) in [4.78, 5) is 35.8. The van der Waals surface area contributed by atoms with Crippen molar-refractivity contribution in [2.75, 3.05) is 31.7 Å². The summed E-state index contributed by atoms with van der Waals surface area (Å²) < 4.78 is 41.6. The number of hydrogen-bond acceptors (Lipinski definition) is 6. The summed E-state index contributed by atoms with van der Waals surface area (Å²) in [6, 6.07) is 7.40. The Balaban J connectivity index is 1.82. The summed E-state index contributed by atoms with van der Waals surface area (Å²) in [5.41, 5.74) is 0.254. The smallest absolute Gasteiger partial charge is 0.325 e. The highest BCUT2D eigenvalue weighted by molar-refractivity contribution is 5.97. The number of carbonyl (C=O) groups is 3. The molecule has 0 aliphatic rings. The number of anilines is 1. The van der Waals surface area contributed by atoms with E-state index in [1.807, 2.05) is 6.92 Å². The highest BCUT2D eigenvalue weighted by Crippen LogP contribution is 2.28. The molecule has 0 unspecified atom stereocenters. The Morgan fingerprint density at radius 3 is 2.29 bits per heavy atom. The van der Waals surface area contributed by atoms with Crippen LogP contribution in [0.2, 0.25) is 0 Å². The molecular weight excluding hydrogens is 414 g/mol. The normalized spacial score (nSPS) is 10.2. The summed E-state index contributed by atoms with van der Waals surface area (Å²) in [6.07, 6.45) is 0. The minimum atomic E-state index is -1.13. The molecule has 0 spiro atoms. The summed E-state index contributed by atoms with van der Waals surface area (Å²) in [5, 5.41) is 4.63. The van der Waals surface area contributed by atoms with E-state index < -0.39 is 42.6 Å². The van der Waals surface area contributed by atoms with Crippen LogP contribution < -0.4 is 20.1 Å². The first-order valence-corrected chi connectivity index (χ1v) is 9.42. The third-order valence-electron chi connectivity index (χ3n) is 3.77. The Morgan fingerprint density at radius 2 is 1.61 bits per heavy atom. The molecule has 31 heavy (non-hydrogen) atoms. The van der Waals surface area contributed by atoms with Crippen LogP contribution in [0.3, 0.4) is 0 Å². The molecule has 10 heteroatoms. The summed E-state index contributed by atoms with van der Waals surface area (Å²) in [7, 11) is 0.